The normalized spacial score (nSPS) is 17.7. The van der Waals surface area contributed by atoms with Gasteiger partial charge in [-0.1, -0.05) is 0 Å². The lowest BCUT2D eigenvalue weighted by molar-refractivity contribution is -0.145. The monoisotopic (exact) mass is 294 g/mol. The van der Waals surface area contributed by atoms with Crippen LogP contribution in [0.5, 0.6) is 0 Å². The van der Waals surface area contributed by atoms with E-state index in [-0.39, 0.29) is 24.4 Å². The summed E-state index contributed by atoms with van der Waals surface area (Å²) in [6.07, 6.45) is 6.45. The van der Waals surface area contributed by atoms with Gasteiger partial charge in [-0.2, -0.15) is 0 Å². The van der Waals surface area contributed by atoms with Crippen molar-refractivity contribution in [1.29, 1.82) is 0 Å². The lowest BCUT2D eigenvalue weighted by atomic mass is 9.97. The maximum Gasteiger partial charge on any atom is 0.306 e. The molecule has 0 saturated carbocycles. The van der Waals surface area contributed by atoms with Crippen LogP contribution in [0.2, 0.25) is 0 Å². The van der Waals surface area contributed by atoms with Crippen molar-refractivity contribution in [2.24, 2.45) is 5.92 Å². The molecule has 2 rings (SSSR count). The Morgan fingerprint density at radius 2 is 2.14 bits per heavy atom. The summed E-state index contributed by atoms with van der Waals surface area (Å²) in [7, 11) is 0. The first-order valence-corrected chi connectivity index (χ1v) is 7.26. The molecule has 1 aliphatic heterocycles. The molecule has 1 aliphatic rings. The molecule has 116 valence electrons. The first kappa shape index (κ1) is 15.5. The second kappa shape index (κ2) is 7.21. The fourth-order valence-corrected chi connectivity index (χ4v) is 2.52. The van der Waals surface area contributed by atoms with E-state index in [0.29, 0.717) is 25.9 Å². The van der Waals surface area contributed by atoms with Crippen LogP contribution in [0.15, 0.2) is 18.7 Å². The number of aromatic nitrogens is 2. The van der Waals surface area contributed by atoms with Crippen molar-refractivity contribution in [2.45, 2.75) is 32.4 Å². The summed E-state index contributed by atoms with van der Waals surface area (Å²) < 4.78 is 1.96. The summed E-state index contributed by atoms with van der Waals surface area (Å²) in [5.41, 5.74) is 0. The van der Waals surface area contributed by atoms with E-state index in [1.807, 2.05) is 17.7 Å². The number of carbonyl (C=O) groups excluding carboxylic acids is 1. The molecule has 2 heterocycles. The molecular formula is C14H22N4O3. The number of carbonyl (C=O) groups is 2. The Hall–Kier alpha value is -1.89. The van der Waals surface area contributed by atoms with Crippen LogP contribution in [0.1, 0.15) is 19.8 Å². The van der Waals surface area contributed by atoms with Crippen molar-refractivity contribution in [1.82, 2.24) is 19.8 Å². The van der Waals surface area contributed by atoms with Gasteiger partial charge < -0.3 is 19.9 Å². The van der Waals surface area contributed by atoms with E-state index in [9.17, 15) is 9.59 Å². The molecule has 1 aromatic rings. The Morgan fingerprint density at radius 3 is 2.71 bits per heavy atom. The Morgan fingerprint density at radius 1 is 1.43 bits per heavy atom. The maximum absolute atomic E-state index is 12.1. The van der Waals surface area contributed by atoms with Crippen LogP contribution in [-0.2, 0) is 16.1 Å². The molecule has 0 radical (unpaired) electrons. The molecule has 0 bridgehead atoms. The third-order valence-electron chi connectivity index (χ3n) is 3.84. The number of imidazole rings is 1. The van der Waals surface area contributed by atoms with Gasteiger partial charge in [-0.25, -0.2) is 4.98 Å². The van der Waals surface area contributed by atoms with Crippen LogP contribution >= 0.6 is 0 Å². The molecule has 0 aromatic carbocycles. The number of hydrogen-bond donors (Lipinski definition) is 2. The molecule has 7 heteroatoms. The van der Waals surface area contributed by atoms with E-state index in [2.05, 4.69) is 10.3 Å². The van der Waals surface area contributed by atoms with E-state index in [4.69, 9.17) is 5.11 Å². The molecule has 21 heavy (non-hydrogen) atoms. The Labute approximate surface area is 124 Å². The summed E-state index contributed by atoms with van der Waals surface area (Å²) in [6, 6.07) is 0.166. The summed E-state index contributed by atoms with van der Waals surface area (Å²) in [5, 5.41) is 12.1. The number of amides is 1. The quantitative estimate of drug-likeness (QED) is 0.782. The van der Waals surface area contributed by atoms with Crippen molar-refractivity contribution >= 4 is 11.9 Å². The first-order valence-electron chi connectivity index (χ1n) is 7.26. The SMILES string of the molecule is CC(Cn1ccnc1)NCC(=O)N1CCC(C(=O)O)CC1. The number of carboxylic acids is 1. The standard InChI is InChI=1S/C14H22N4O3/c1-11(9-17-7-4-15-10-17)16-8-13(19)18-5-2-12(3-6-18)14(20)21/h4,7,10-12,16H,2-3,5-6,8-9H2,1H3,(H,20,21). The second-order valence-corrected chi connectivity index (χ2v) is 5.53. The summed E-state index contributed by atoms with van der Waals surface area (Å²) in [4.78, 5) is 28.7. The maximum atomic E-state index is 12.1. The predicted octanol–water partition coefficient (Wildman–Crippen LogP) is 0.184. The van der Waals surface area contributed by atoms with Gasteiger partial charge in [-0.3, -0.25) is 9.59 Å². The summed E-state index contributed by atoms with van der Waals surface area (Å²) in [5.74, 6) is -1.02. The van der Waals surface area contributed by atoms with Crippen molar-refractivity contribution in [3.8, 4) is 0 Å². The van der Waals surface area contributed by atoms with Gasteiger partial charge in [0.1, 0.15) is 0 Å². The van der Waals surface area contributed by atoms with E-state index < -0.39 is 5.97 Å². The highest BCUT2D eigenvalue weighted by Crippen LogP contribution is 2.17. The molecule has 1 amide bonds. The van der Waals surface area contributed by atoms with Crippen LogP contribution in [-0.4, -0.2) is 57.1 Å². The summed E-state index contributed by atoms with van der Waals surface area (Å²) in [6.45, 7) is 4.13. The smallest absolute Gasteiger partial charge is 0.306 e. The molecule has 1 fully saturated rings. The largest absolute Gasteiger partial charge is 0.481 e. The van der Waals surface area contributed by atoms with E-state index in [1.54, 1.807) is 17.4 Å². The highest BCUT2D eigenvalue weighted by molar-refractivity contribution is 5.79. The fourth-order valence-electron chi connectivity index (χ4n) is 2.52. The van der Waals surface area contributed by atoms with Crippen molar-refractivity contribution in [3.63, 3.8) is 0 Å². The molecule has 1 unspecified atom stereocenters. The zero-order valence-corrected chi connectivity index (χ0v) is 12.2. The fraction of sp³-hybridized carbons (Fsp3) is 0.643. The van der Waals surface area contributed by atoms with Gasteiger partial charge in [-0.15, -0.1) is 0 Å². The summed E-state index contributed by atoms with van der Waals surface area (Å²) >= 11 is 0. The Bertz CT molecular complexity index is 467. The predicted molar refractivity (Wildman–Crippen MR) is 76.6 cm³/mol. The van der Waals surface area contributed by atoms with Gasteiger partial charge in [-0.05, 0) is 19.8 Å². The Balaban J connectivity index is 1.69. The topological polar surface area (TPSA) is 87.5 Å². The lowest BCUT2D eigenvalue weighted by Crippen LogP contribution is -2.46. The highest BCUT2D eigenvalue weighted by atomic mass is 16.4. The zero-order chi connectivity index (χ0) is 15.2. The van der Waals surface area contributed by atoms with Crippen LogP contribution in [0.4, 0.5) is 0 Å². The first-order chi connectivity index (χ1) is 10.1. The number of piperidine rings is 1. The molecular weight excluding hydrogens is 272 g/mol. The third-order valence-corrected chi connectivity index (χ3v) is 3.84. The van der Waals surface area contributed by atoms with E-state index in [0.717, 1.165) is 6.54 Å². The van der Waals surface area contributed by atoms with Crippen LogP contribution in [0, 0.1) is 5.92 Å². The van der Waals surface area contributed by atoms with Gasteiger partial charge in [0, 0.05) is 38.1 Å². The number of likely N-dealkylation sites (tertiary alicyclic amines) is 1. The third kappa shape index (κ3) is 4.56. The van der Waals surface area contributed by atoms with Crippen molar-refractivity contribution in [3.05, 3.63) is 18.7 Å². The van der Waals surface area contributed by atoms with Crippen LogP contribution in [0.3, 0.4) is 0 Å². The van der Waals surface area contributed by atoms with Gasteiger partial charge in [0.05, 0.1) is 18.8 Å². The molecule has 1 saturated heterocycles. The minimum atomic E-state index is -0.755. The van der Waals surface area contributed by atoms with Gasteiger partial charge in [0.2, 0.25) is 5.91 Å². The average Bonchev–Trinajstić information content (AvgIpc) is 2.97. The molecule has 2 N–H and O–H groups in total. The van der Waals surface area contributed by atoms with Crippen molar-refractivity contribution in [2.75, 3.05) is 19.6 Å². The molecule has 0 spiro atoms. The average molecular weight is 294 g/mol. The van der Waals surface area contributed by atoms with Gasteiger partial charge >= 0.3 is 5.97 Å². The molecule has 7 nitrogen and oxygen atoms in total. The number of nitrogens with zero attached hydrogens (tertiary/aromatic N) is 3. The number of carboxylic acid groups (broad SMARTS) is 1. The molecule has 1 atom stereocenters. The van der Waals surface area contributed by atoms with E-state index in [1.165, 1.54) is 0 Å². The van der Waals surface area contributed by atoms with E-state index >= 15 is 0 Å². The minimum Gasteiger partial charge on any atom is -0.481 e. The van der Waals surface area contributed by atoms with Crippen LogP contribution < -0.4 is 5.32 Å². The lowest BCUT2D eigenvalue weighted by Gasteiger charge is -2.30. The molecule has 0 aliphatic carbocycles. The van der Waals surface area contributed by atoms with Gasteiger partial charge in [0.25, 0.3) is 0 Å². The Kier molecular flexibility index (Phi) is 5.32. The highest BCUT2D eigenvalue weighted by Gasteiger charge is 2.26. The minimum absolute atomic E-state index is 0.0383. The van der Waals surface area contributed by atoms with Crippen LogP contribution in [0.25, 0.3) is 0 Å². The number of hydrogen-bond acceptors (Lipinski definition) is 4. The van der Waals surface area contributed by atoms with Gasteiger partial charge in [0.15, 0.2) is 0 Å². The number of nitrogens with one attached hydrogen (secondary N) is 1. The number of rotatable bonds is 6. The zero-order valence-electron chi connectivity index (χ0n) is 12.2. The second-order valence-electron chi connectivity index (χ2n) is 5.53. The van der Waals surface area contributed by atoms with Crippen molar-refractivity contribution < 1.29 is 14.7 Å². The number of aliphatic carboxylic acids is 1. The molecule has 1 aromatic heterocycles.